The number of carbonyl (C=O) groups is 3. The zero-order valence-corrected chi connectivity index (χ0v) is 20.7. The number of halogens is 2. The standard InChI is InChI=1S/C26H23Cl2N3O4/c1-3-35-24(33)22-23(29)31(19-12-14(27)8-9-16(19)28)18-5-4-6-20(32)21(18)26(22)15-11-13(2)7-10-17(15)30-25(26)34/h7-12H,3-6,29H2,1-2H3,(H,30,34). The molecule has 0 saturated heterocycles. The van der Waals surface area contributed by atoms with E-state index in [1.807, 2.05) is 19.1 Å². The number of nitrogens with zero attached hydrogens (tertiary/aromatic N) is 1. The van der Waals surface area contributed by atoms with Crippen LogP contribution < -0.4 is 16.0 Å². The van der Waals surface area contributed by atoms with Crippen LogP contribution in [0.3, 0.4) is 0 Å². The van der Waals surface area contributed by atoms with Crippen molar-refractivity contribution < 1.29 is 19.1 Å². The second-order valence-electron chi connectivity index (χ2n) is 8.76. The monoisotopic (exact) mass is 511 g/mol. The van der Waals surface area contributed by atoms with Gasteiger partial charge < -0.3 is 15.8 Å². The van der Waals surface area contributed by atoms with Crippen LogP contribution in [0.15, 0.2) is 59.1 Å². The molecule has 0 saturated carbocycles. The van der Waals surface area contributed by atoms with Gasteiger partial charge in [0.2, 0.25) is 5.91 Å². The van der Waals surface area contributed by atoms with Gasteiger partial charge in [-0.3, -0.25) is 14.5 Å². The zero-order valence-electron chi connectivity index (χ0n) is 19.2. The highest BCUT2D eigenvalue weighted by molar-refractivity contribution is 6.35. The number of allylic oxidation sites excluding steroid dienone is 1. The molecule has 9 heteroatoms. The number of carbonyl (C=O) groups excluding carboxylic acids is 3. The number of aryl methyl sites for hydroxylation is 1. The minimum atomic E-state index is -1.73. The van der Waals surface area contributed by atoms with E-state index in [1.165, 1.54) is 0 Å². The van der Waals surface area contributed by atoms with Crippen LogP contribution in [0.1, 0.15) is 37.3 Å². The van der Waals surface area contributed by atoms with E-state index < -0.39 is 17.3 Å². The van der Waals surface area contributed by atoms with Crippen molar-refractivity contribution in [3.05, 3.63) is 80.2 Å². The first kappa shape index (κ1) is 23.5. The fraction of sp³-hybridized carbons (Fsp3) is 0.269. The maximum absolute atomic E-state index is 13.9. The van der Waals surface area contributed by atoms with Gasteiger partial charge >= 0.3 is 5.97 Å². The molecule has 1 aliphatic carbocycles. The second kappa shape index (κ2) is 8.43. The number of nitrogens with one attached hydrogen (secondary N) is 1. The number of fused-ring (bicyclic) bond motifs is 3. The van der Waals surface area contributed by atoms with Crippen LogP contribution in [-0.2, 0) is 24.5 Å². The summed E-state index contributed by atoms with van der Waals surface area (Å²) in [5.41, 5.74) is 7.97. The molecule has 0 aromatic heterocycles. The first-order chi connectivity index (χ1) is 16.7. The number of rotatable bonds is 3. The maximum atomic E-state index is 13.9. The highest BCUT2D eigenvalue weighted by atomic mass is 35.5. The quantitative estimate of drug-likeness (QED) is 0.576. The van der Waals surface area contributed by atoms with Gasteiger partial charge in [-0.1, -0.05) is 40.9 Å². The van der Waals surface area contributed by atoms with Crippen LogP contribution in [-0.4, -0.2) is 24.3 Å². The molecular weight excluding hydrogens is 489 g/mol. The number of Topliss-reactive ketones (excluding diaryl/α,β-unsaturated/α-hetero) is 1. The largest absolute Gasteiger partial charge is 0.462 e. The Bertz CT molecular complexity index is 1380. The van der Waals surface area contributed by atoms with Crippen molar-refractivity contribution in [3.8, 4) is 0 Å². The molecule has 7 nitrogen and oxygen atoms in total. The van der Waals surface area contributed by atoms with E-state index in [4.69, 9.17) is 33.7 Å². The predicted molar refractivity (Wildman–Crippen MR) is 134 cm³/mol. The van der Waals surface area contributed by atoms with E-state index in [2.05, 4.69) is 5.32 Å². The molecule has 1 atom stereocenters. The number of nitrogens with two attached hydrogens (primary N) is 1. The molecule has 1 unspecified atom stereocenters. The minimum absolute atomic E-state index is 0.0226. The number of hydrogen-bond acceptors (Lipinski definition) is 6. The lowest BCUT2D eigenvalue weighted by atomic mass is 9.63. The molecule has 2 aromatic carbocycles. The molecule has 180 valence electrons. The third-order valence-electron chi connectivity index (χ3n) is 6.70. The molecule has 0 radical (unpaired) electrons. The Balaban J connectivity index is 1.93. The van der Waals surface area contributed by atoms with Crippen LogP contribution in [0.25, 0.3) is 0 Å². The summed E-state index contributed by atoms with van der Waals surface area (Å²) in [5.74, 6) is -1.54. The van der Waals surface area contributed by atoms with Gasteiger partial charge in [0.15, 0.2) is 5.78 Å². The molecule has 2 aromatic rings. The Morgan fingerprint density at radius 1 is 1.17 bits per heavy atom. The Kier molecular flexibility index (Phi) is 5.65. The molecule has 0 fully saturated rings. The summed E-state index contributed by atoms with van der Waals surface area (Å²) in [4.78, 5) is 42.7. The smallest absolute Gasteiger partial charge is 0.339 e. The molecule has 2 aliphatic heterocycles. The Morgan fingerprint density at radius 2 is 1.94 bits per heavy atom. The molecule has 5 rings (SSSR count). The highest BCUT2D eigenvalue weighted by Gasteiger charge is 2.62. The summed E-state index contributed by atoms with van der Waals surface area (Å²) in [7, 11) is 0. The molecule has 1 amide bonds. The van der Waals surface area contributed by atoms with Crippen molar-refractivity contribution in [2.75, 3.05) is 16.8 Å². The van der Waals surface area contributed by atoms with Crippen molar-refractivity contribution in [2.45, 2.75) is 38.5 Å². The number of benzene rings is 2. The SMILES string of the molecule is CCOC(=O)C1=C(N)N(c2cc(Cl)ccc2Cl)C2=C(C(=O)CCC2)C12C(=O)Nc1ccc(C)cc12. The molecule has 35 heavy (non-hydrogen) atoms. The van der Waals surface area contributed by atoms with E-state index in [1.54, 1.807) is 36.1 Å². The third-order valence-corrected chi connectivity index (χ3v) is 7.25. The van der Waals surface area contributed by atoms with Gasteiger partial charge in [0.25, 0.3) is 0 Å². The van der Waals surface area contributed by atoms with Crippen LogP contribution in [0.4, 0.5) is 11.4 Å². The van der Waals surface area contributed by atoms with Crippen LogP contribution in [0, 0.1) is 6.92 Å². The Labute approximate surface area is 212 Å². The lowest BCUT2D eigenvalue weighted by molar-refractivity contribution is -0.140. The lowest BCUT2D eigenvalue weighted by Gasteiger charge is -2.44. The van der Waals surface area contributed by atoms with Crippen LogP contribution >= 0.6 is 23.2 Å². The Morgan fingerprint density at radius 3 is 2.69 bits per heavy atom. The molecule has 3 aliphatic rings. The number of esters is 1. The normalized spacial score (nSPS) is 21.3. The van der Waals surface area contributed by atoms with Crippen molar-refractivity contribution in [3.63, 3.8) is 0 Å². The minimum Gasteiger partial charge on any atom is -0.462 e. The van der Waals surface area contributed by atoms with Crippen molar-refractivity contribution >= 4 is 52.2 Å². The van der Waals surface area contributed by atoms with Crippen molar-refractivity contribution in [1.29, 1.82) is 0 Å². The summed E-state index contributed by atoms with van der Waals surface area (Å²) < 4.78 is 5.41. The average molecular weight is 512 g/mol. The zero-order chi connectivity index (χ0) is 25.1. The second-order valence-corrected chi connectivity index (χ2v) is 9.61. The van der Waals surface area contributed by atoms with E-state index in [0.717, 1.165) is 5.56 Å². The van der Waals surface area contributed by atoms with Crippen molar-refractivity contribution in [2.24, 2.45) is 5.73 Å². The number of ether oxygens (including phenoxy) is 1. The highest BCUT2D eigenvalue weighted by Crippen LogP contribution is 2.56. The van der Waals surface area contributed by atoms with Gasteiger partial charge in [-0.2, -0.15) is 0 Å². The number of hydrogen-bond donors (Lipinski definition) is 2. The summed E-state index contributed by atoms with van der Waals surface area (Å²) in [6.45, 7) is 3.61. The molecular formula is C26H23Cl2N3O4. The van der Waals surface area contributed by atoms with Crippen molar-refractivity contribution in [1.82, 2.24) is 0 Å². The van der Waals surface area contributed by atoms with Gasteiger partial charge in [-0.05, 0) is 51.0 Å². The maximum Gasteiger partial charge on any atom is 0.339 e. The third kappa shape index (κ3) is 3.29. The number of amides is 1. The van der Waals surface area contributed by atoms with E-state index >= 15 is 0 Å². The summed E-state index contributed by atoms with van der Waals surface area (Å²) in [6.07, 6.45) is 1.26. The number of ketones is 1. The van der Waals surface area contributed by atoms with E-state index in [9.17, 15) is 14.4 Å². The molecule has 0 bridgehead atoms. The van der Waals surface area contributed by atoms with Gasteiger partial charge in [0.05, 0.1) is 17.3 Å². The van der Waals surface area contributed by atoms with E-state index in [-0.39, 0.29) is 35.8 Å². The first-order valence-corrected chi connectivity index (χ1v) is 12.1. The summed E-state index contributed by atoms with van der Waals surface area (Å²) in [6, 6.07) is 10.3. The van der Waals surface area contributed by atoms with Gasteiger partial charge in [0.1, 0.15) is 16.8 Å². The first-order valence-electron chi connectivity index (χ1n) is 11.3. The van der Waals surface area contributed by atoms with Crippen LogP contribution in [0.5, 0.6) is 0 Å². The molecule has 3 N–H and O–H groups in total. The fourth-order valence-corrected chi connectivity index (χ4v) is 5.72. The fourth-order valence-electron chi connectivity index (χ4n) is 5.36. The lowest BCUT2D eigenvalue weighted by Crippen LogP contribution is -2.53. The van der Waals surface area contributed by atoms with Gasteiger partial charge in [-0.25, -0.2) is 4.79 Å². The predicted octanol–water partition coefficient (Wildman–Crippen LogP) is 4.75. The number of anilines is 2. The Hall–Kier alpha value is -3.29. The van der Waals surface area contributed by atoms with Gasteiger partial charge in [-0.15, -0.1) is 0 Å². The average Bonchev–Trinajstić information content (AvgIpc) is 3.08. The summed E-state index contributed by atoms with van der Waals surface area (Å²) >= 11 is 12.8. The topological polar surface area (TPSA) is 102 Å². The van der Waals surface area contributed by atoms with Gasteiger partial charge in [0, 0.05) is 34.0 Å². The summed E-state index contributed by atoms with van der Waals surface area (Å²) in [5, 5.41) is 3.60. The van der Waals surface area contributed by atoms with E-state index in [0.29, 0.717) is 45.5 Å². The molecule has 1 spiro atoms. The van der Waals surface area contributed by atoms with Crippen LogP contribution in [0.2, 0.25) is 10.0 Å². The molecule has 2 heterocycles.